The summed E-state index contributed by atoms with van der Waals surface area (Å²) in [6.07, 6.45) is 0. The van der Waals surface area contributed by atoms with Crippen molar-refractivity contribution in [3.8, 4) is 11.5 Å². The smallest absolute Gasteiger partial charge is 0.118 e. The Balaban J connectivity index is 1.80. The van der Waals surface area contributed by atoms with Crippen LogP contribution in [0.3, 0.4) is 0 Å². The first-order valence-corrected chi connectivity index (χ1v) is 7.99. The number of methoxy groups -OCH3 is 2. The monoisotopic (exact) mass is 331 g/mol. The molecule has 0 spiro atoms. The van der Waals surface area contributed by atoms with Gasteiger partial charge in [0.2, 0.25) is 0 Å². The second-order valence-corrected chi connectivity index (χ2v) is 5.70. The van der Waals surface area contributed by atoms with Crippen LogP contribution in [0.15, 0.2) is 73.8 Å². The number of hydrogen-bond acceptors (Lipinski definition) is 2. The third-order valence-electron chi connectivity index (χ3n) is 4.21. The van der Waals surface area contributed by atoms with Crippen molar-refractivity contribution in [1.82, 2.24) is 4.98 Å². The van der Waals surface area contributed by atoms with Gasteiger partial charge in [-0.05, 0) is 58.7 Å². The Morgan fingerprint density at radius 2 is 1.00 bits per heavy atom. The predicted octanol–water partition coefficient (Wildman–Crippen LogP) is 5.15. The molecule has 0 bridgehead atoms. The molecule has 3 nitrogen and oxygen atoms in total. The average Bonchev–Trinajstić information content (AvgIpc) is 3.17. The summed E-state index contributed by atoms with van der Waals surface area (Å²) in [5, 5.41) is 0. The molecule has 0 radical (unpaired) electrons. The van der Waals surface area contributed by atoms with Crippen LogP contribution in [-0.4, -0.2) is 19.2 Å². The van der Waals surface area contributed by atoms with Gasteiger partial charge in [-0.25, -0.2) is 0 Å². The van der Waals surface area contributed by atoms with E-state index in [0.717, 1.165) is 45.2 Å². The molecule has 3 heteroatoms. The minimum atomic E-state index is 0.830. The molecule has 0 amide bonds. The quantitative estimate of drug-likeness (QED) is 0.677. The molecule has 1 N–H and O–H groups in total. The van der Waals surface area contributed by atoms with Crippen LogP contribution in [0.1, 0.15) is 22.5 Å². The summed E-state index contributed by atoms with van der Waals surface area (Å²) in [6, 6.07) is 19.8. The van der Waals surface area contributed by atoms with Crippen molar-refractivity contribution in [2.24, 2.45) is 0 Å². The molecule has 0 fully saturated rings. The van der Waals surface area contributed by atoms with Crippen LogP contribution in [0.5, 0.6) is 11.5 Å². The molecule has 0 aliphatic carbocycles. The lowest BCUT2D eigenvalue weighted by Crippen LogP contribution is -1.91. The normalized spacial score (nSPS) is 10.3. The van der Waals surface area contributed by atoms with Crippen LogP contribution < -0.4 is 9.47 Å². The third kappa shape index (κ3) is 3.50. The van der Waals surface area contributed by atoms with Gasteiger partial charge in [0.1, 0.15) is 11.5 Å². The lowest BCUT2D eigenvalue weighted by atomic mass is 10.1. The summed E-state index contributed by atoms with van der Waals surface area (Å²) in [5.41, 5.74) is 5.88. The number of H-pyrrole nitrogens is 1. The fraction of sp³-hybridized carbons (Fsp3) is 0.0909. The third-order valence-corrected chi connectivity index (χ3v) is 4.21. The van der Waals surface area contributed by atoms with Crippen LogP contribution in [0, 0.1) is 0 Å². The maximum Gasteiger partial charge on any atom is 0.118 e. The predicted molar refractivity (Wildman–Crippen MR) is 103 cm³/mol. The Labute approximate surface area is 148 Å². The zero-order chi connectivity index (χ0) is 17.8. The molecule has 3 rings (SSSR count). The van der Waals surface area contributed by atoms with E-state index < -0.39 is 0 Å². The molecular formula is C22H21NO2. The van der Waals surface area contributed by atoms with E-state index in [2.05, 4.69) is 18.1 Å². The molecule has 0 saturated heterocycles. The van der Waals surface area contributed by atoms with Crippen molar-refractivity contribution in [3.63, 3.8) is 0 Å². The van der Waals surface area contributed by atoms with Crippen LogP contribution in [-0.2, 0) is 0 Å². The lowest BCUT2D eigenvalue weighted by molar-refractivity contribution is 0.414. The van der Waals surface area contributed by atoms with Gasteiger partial charge in [0.05, 0.1) is 14.2 Å². The van der Waals surface area contributed by atoms with Crippen LogP contribution >= 0.6 is 0 Å². The molecule has 0 unspecified atom stereocenters. The topological polar surface area (TPSA) is 34.2 Å². The van der Waals surface area contributed by atoms with Gasteiger partial charge in [-0.1, -0.05) is 37.4 Å². The van der Waals surface area contributed by atoms with E-state index in [4.69, 9.17) is 9.47 Å². The molecule has 25 heavy (non-hydrogen) atoms. The van der Waals surface area contributed by atoms with E-state index in [1.165, 1.54) is 0 Å². The van der Waals surface area contributed by atoms with Crippen molar-refractivity contribution >= 4 is 11.1 Å². The van der Waals surface area contributed by atoms with Crippen molar-refractivity contribution in [1.29, 1.82) is 0 Å². The second-order valence-electron chi connectivity index (χ2n) is 5.70. The summed E-state index contributed by atoms with van der Waals surface area (Å²) < 4.78 is 10.4. The molecule has 1 aromatic heterocycles. The number of rotatable bonds is 6. The average molecular weight is 331 g/mol. The second kappa shape index (κ2) is 7.14. The van der Waals surface area contributed by atoms with Crippen molar-refractivity contribution < 1.29 is 9.47 Å². The molecule has 1 heterocycles. The minimum absolute atomic E-state index is 0.830. The minimum Gasteiger partial charge on any atom is -0.497 e. The fourth-order valence-corrected chi connectivity index (χ4v) is 2.64. The van der Waals surface area contributed by atoms with E-state index in [1.54, 1.807) is 14.2 Å². The highest BCUT2D eigenvalue weighted by Gasteiger charge is 2.09. The Morgan fingerprint density at radius 3 is 1.32 bits per heavy atom. The van der Waals surface area contributed by atoms with Gasteiger partial charge in [-0.2, -0.15) is 0 Å². The first-order valence-electron chi connectivity index (χ1n) is 7.99. The Morgan fingerprint density at radius 1 is 0.640 bits per heavy atom. The molecule has 126 valence electrons. The lowest BCUT2D eigenvalue weighted by Gasteiger charge is -2.07. The number of aromatic amines is 1. The molecule has 3 aromatic rings. The van der Waals surface area contributed by atoms with Crippen molar-refractivity contribution in [3.05, 3.63) is 96.3 Å². The molecule has 0 aliphatic rings. The van der Waals surface area contributed by atoms with Gasteiger partial charge in [-0.15, -0.1) is 0 Å². The zero-order valence-corrected chi connectivity index (χ0v) is 14.5. The highest BCUT2D eigenvalue weighted by molar-refractivity contribution is 5.81. The first-order chi connectivity index (χ1) is 12.1. The Kier molecular flexibility index (Phi) is 4.75. The van der Waals surface area contributed by atoms with Gasteiger partial charge in [-0.3, -0.25) is 0 Å². The van der Waals surface area contributed by atoms with Gasteiger partial charge in [0, 0.05) is 11.4 Å². The highest BCUT2D eigenvalue weighted by atomic mass is 16.5. The van der Waals surface area contributed by atoms with Gasteiger partial charge in [0.15, 0.2) is 0 Å². The van der Waals surface area contributed by atoms with E-state index in [9.17, 15) is 0 Å². The summed E-state index contributed by atoms with van der Waals surface area (Å²) in [4.78, 5) is 3.41. The Bertz CT molecular complexity index is 813. The maximum absolute atomic E-state index is 5.20. The van der Waals surface area contributed by atoms with Crippen LogP contribution in [0.2, 0.25) is 0 Å². The summed E-state index contributed by atoms with van der Waals surface area (Å²) in [7, 11) is 3.32. The molecule has 2 aromatic carbocycles. The standard InChI is InChI=1S/C22H21NO2/c1-15(17-5-9-19(24-3)10-6-17)21-13-14-22(23-21)16(2)18-7-11-20(25-4)12-8-18/h5-14,23H,1-2H2,3-4H3. The first kappa shape index (κ1) is 16.7. The van der Waals surface area contributed by atoms with Crippen LogP contribution in [0.4, 0.5) is 0 Å². The van der Waals surface area contributed by atoms with E-state index in [0.29, 0.717) is 0 Å². The number of ether oxygens (including phenoxy) is 2. The fourth-order valence-electron chi connectivity index (χ4n) is 2.64. The van der Waals surface area contributed by atoms with E-state index in [-0.39, 0.29) is 0 Å². The Hall–Kier alpha value is -3.20. The van der Waals surface area contributed by atoms with Gasteiger partial charge < -0.3 is 14.5 Å². The van der Waals surface area contributed by atoms with Crippen molar-refractivity contribution in [2.45, 2.75) is 0 Å². The summed E-state index contributed by atoms with van der Waals surface area (Å²) in [5.74, 6) is 1.66. The molecule has 0 saturated carbocycles. The largest absolute Gasteiger partial charge is 0.497 e. The van der Waals surface area contributed by atoms with Crippen molar-refractivity contribution in [2.75, 3.05) is 14.2 Å². The summed E-state index contributed by atoms with van der Waals surface area (Å²) >= 11 is 0. The SMILES string of the molecule is C=C(c1ccc(OC)cc1)c1ccc(C(=C)c2ccc(OC)cc2)[nH]1. The molecule has 0 aliphatic heterocycles. The van der Waals surface area contributed by atoms with Gasteiger partial charge >= 0.3 is 0 Å². The zero-order valence-electron chi connectivity index (χ0n) is 14.5. The number of benzene rings is 2. The number of hydrogen-bond donors (Lipinski definition) is 1. The number of nitrogens with one attached hydrogen (secondary N) is 1. The number of aromatic nitrogens is 1. The van der Waals surface area contributed by atoms with Gasteiger partial charge in [0.25, 0.3) is 0 Å². The highest BCUT2D eigenvalue weighted by Crippen LogP contribution is 2.27. The molecule has 0 atom stereocenters. The molecular weight excluding hydrogens is 310 g/mol. The summed E-state index contributed by atoms with van der Waals surface area (Å²) in [6.45, 7) is 8.40. The van der Waals surface area contributed by atoms with E-state index in [1.807, 2.05) is 60.7 Å². The maximum atomic E-state index is 5.20. The van der Waals surface area contributed by atoms with Crippen LogP contribution in [0.25, 0.3) is 11.1 Å². The van der Waals surface area contributed by atoms with E-state index >= 15 is 0 Å².